The van der Waals surface area contributed by atoms with Crippen LogP contribution < -0.4 is 15.4 Å². The number of halogens is 1. The second kappa shape index (κ2) is 8.75. The number of rotatable bonds is 7. The SMILES string of the molecule is O=C(NCCO)NC(COc1ccccc1F)c1ccccc1. The van der Waals surface area contributed by atoms with Crippen molar-refractivity contribution in [1.82, 2.24) is 10.6 Å². The largest absolute Gasteiger partial charge is 0.488 e. The molecule has 3 N–H and O–H groups in total. The number of hydrogen-bond donors (Lipinski definition) is 3. The number of carbonyl (C=O) groups excluding carboxylic acids is 1. The lowest BCUT2D eigenvalue weighted by Crippen LogP contribution is -2.41. The Bertz CT molecular complexity index is 622. The third-order valence-corrected chi connectivity index (χ3v) is 3.15. The van der Waals surface area contributed by atoms with Gasteiger partial charge in [-0.3, -0.25) is 0 Å². The summed E-state index contributed by atoms with van der Waals surface area (Å²) >= 11 is 0. The number of ether oxygens (including phenoxy) is 1. The monoisotopic (exact) mass is 318 g/mol. The minimum Gasteiger partial charge on any atom is -0.488 e. The molecule has 0 aliphatic heterocycles. The smallest absolute Gasteiger partial charge is 0.315 e. The minimum absolute atomic E-state index is 0.0808. The van der Waals surface area contributed by atoms with E-state index >= 15 is 0 Å². The van der Waals surface area contributed by atoms with Crippen LogP contribution in [0.25, 0.3) is 0 Å². The van der Waals surface area contributed by atoms with Gasteiger partial charge in [0.15, 0.2) is 11.6 Å². The number of aliphatic hydroxyl groups excluding tert-OH is 1. The van der Waals surface area contributed by atoms with Gasteiger partial charge in [-0.25, -0.2) is 9.18 Å². The van der Waals surface area contributed by atoms with Crippen LogP contribution in [0.3, 0.4) is 0 Å². The van der Waals surface area contributed by atoms with Crippen molar-refractivity contribution >= 4 is 6.03 Å². The predicted molar refractivity (Wildman–Crippen MR) is 84.7 cm³/mol. The van der Waals surface area contributed by atoms with Crippen molar-refractivity contribution in [3.8, 4) is 5.75 Å². The molecular formula is C17H19FN2O3. The van der Waals surface area contributed by atoms with E-state index in [0.29, 0.717) is 0 Å². The van der Waals surface area contributed by atoms with Crippen LogP contribution in [0.5, 0.6) is 5.75 Å². The molecule has 0 saturated heterocycles. The molecule has 2 rings (SSSR count). The van der Waals surface area contributed by atoms with Crippen LogP contribution in [0.4, 0.5) is 9.18 Å². The van der Waals surface area contributed by atoms with Crippen LogP contribution in [0.2, 0.25) is 0 Å². The molecule has 1 unspecified atom stereocenters. The number of nitrogens with one attached hydrogen (secondary N) is 2. The van der Waals surface area contributed by atoms with E-state index in [-0.39, 0.29) is 25.5 Å². The first-order valence-electron chi connectivity index (χ1n) is 7.28. The summed E-state index contributed by atoms with van der Waals surface area (Å²) in [5.41, 5.74) is 0.836. The van der Waals surface area contributed by atoms with Gasteiger partial charge in [-0.1, -0.05) is 42.5 Å². The second-order valence-corrected chi connectivity index (χ2v) is 4.83. The van der Waals surface area contributed by atoms with Gasteiger partial charge in [-0.05, 0) is 17.7 Å². The summed E-state index contributed by atoms with van der Waals surface area (Å²) in [5.74, 6) is -0.324. The van der Waals surface area contributed by atoms with Crippen LogP contribution in [0.15, 0.2) is 54.6 Å². The number of carbonyl (C=O) groups is 1. The van der Waals surface area contributed by atoms with E-state index in [4.69, 9.17) is 9.84 Å². The molecule has 0 aliphatic carbocycles. The summed E-state index contributed by atoms with van der Waals surface area (Å²) < 4.78 is 19.1. The number of urea groups is 1. The molecule has 2 amide bonds. The van der Waals surface area contributed by atoms with Gasteiger partial charge in [0.25, 0.3) is 0 Å². The van der Waals surface area contributed by atoms with Gasteiger partial charge in [0.2, 0.25) is 0 Å². The maximum atomic E-state index is 13.6. The molecule has 2 aromatic rings. The van der Waals surface area contributed by atoms with Crippen molar-refractivity contribution in [2.45, 2.75) is 6.04 Å². The van der Waals surface area contributed by atoms with E-state index in [1.54, 1.807) is 12.1 Å². The van der Waals surface area contributed by atoms with E-state index < -0.39 is 17.9 Å². The topological polar surface area (TPSA) is 70.6 Å². The number of aliphatic hydroxyl groups is 1. The van der Waals surface area contributed by atoms with Crippen molar-refractivity contribution in [1.29, 1.82) is 0 Å². The van der Waals surface area contributed by atoms with E-state index in [2.05, 4.69) is 10.6 Å². The normalized spacial score (nSPS) is 11.6. The van der Waals surface area contributed by atoms with Gasteiger partial charge < -0.3 is 20.5 Å². The fourth-order valence-electron chi connectivity index (χ4n) is 2.02. The highest BCUT2D eigenvalue weighted by molar-refractivity contribution is 5.74. The lowest BCUT2D eigenvalue weighted by atomic mass is 10.1. The minimum atomic E-state index is -0.455. The van der Waals surface area contributed by atoms with E-state index in [1.807, 2.05) is 30.3 Å². The molecule has 2 aromatic carbocycles. The number of benzene rings is 2. The lowest BCUT2D eigenvalue weighted by molar-refractivity contribution is 0.217. The average molecular weight is 318 g/mol. The lowest BCUT2D eigenvalue weighted by Gasteiger charge is -2.20. The highest BCUT2D eigenvalue weighted by Gasteiger charge is 2.16. The Morgan fingerprint density at radius 2 is 1.83 bits per heavy atom. The molecule has 0 fully saturated rings. The average Bonchev–Trinajstić information content (AvgIpc) is 2.58. The maximum absolute atomic E-state index is 13.6. The quantitative estimate of drug-likeness (QED) is 0.733. The molecule has 0 heterocycles. The third kappa shape index (κ3) is 5.27. The van der Waals surface area contributed by atoms with E-state index in [9.17, 15) is 9.18 Å². The summed E-state index contributed by atoms with van der Waals surface area (Å²) in [6.07, 6.45) is 0. The molecule has 0 spiro atoms. The fourth-order valence-corrected chi connectivity index (χ4v) is 2.02. The van der Waals surface area contributed by atoms with Crippen LogP contribution in [0, 0.1) is 5.82 Å². The number of amides is 2. The summed E-state index contributed by atoms with van der Waals surface area (Å²) in [7, 11) is 0. The summed E-state index contributed by atoms with van der Waals surface area (Å²) in [5, 5.41) is 14.0. The zero-order valence-corrected chi connectivity index (χ0v) is 12.5. The maximum Gasteiger partial charge on any atom is 0.315 e. The van der Waals surface area contributed by atoms with Crippen molar-refractivity contribution in [2.75, 3.05) is 19.8 Å². The zero-order valence-electron chi connectivity index (χ0n) is 12.5. The summed E-state index contributed by atoms with van der Waals surface area (Å²) in [6, 6.07) is 14.5. The second-order valence-electron chi connectivity index (χ2n) is 4.83. The van der Waals surface area contributed by atoms with E-state index in [0.717, 1.165) is 5.56 Å². The van der Waals surface area contributed by atoms with Crippen molar-refractivity contribution in [3.63, 3.8) is 0 Å². The summed E-state index contributed by atoms with van der Waals surface area (Å²) in [4.78, 5) is 11.8. The molecule has 122 valence electrons. The molecule has 0 radical (unpaired) electrons. The van der Waals surface area contributed by atoms with Gasteiger partial charge in [-0.2, -0.15) is 0 Å². The highest BCUT2D eigenvalue weighted by Crippen LogP contribution is 2.19. The van der Waals surface area contributed by atoms with Gasteiger partial charge in [0.1, 0.15) is 6.61 Å². The fraction of sp³-hybridized carbons (Fsp3) is 0.235. The highest BCUT2D eigenvalue weighted by atomic mass is 19.1. The Hall–Kier alpha value is -2.60. The molecule has 0 aliphatic rings. The third-order valence-electron chi connectivity index (χ3n) is 3.15. The molecule has 6 heteroatoms. The standard InChI is InChI=1S/C17H19FN2O3/c18-14-8-4-5-9-16(14)23-12-15(13-6-2-1-3-7-13)20-17(22)19-10-11-21/h1-9,15,21H,10-12H2,(H2,19,20,22). The first-order valence-corrected chi connectivity index (χ1v) is 7.28. The number of hydrogen-bond acceptors (Lipinski definition) is 3. The van der Waals surface area contributed by atoms with Gasteiger partial charge >= 0.3 is 6.03 Å². The van der Waals surface area contributed by atoms with Crippen molar-refractivity contribution < 1.29 is 19.0 Å². The molecule has 5 nitrogen and oxygen atoms in total. The van der Waals surface area contributed by atoms with Crippen LogP contribution >= 0.6 is 0 Å². The first-order chi connectivity index (χ1) is 11.2. The molecular weight excluding hydrogens is 299 g/mol. The summed E-state index contributed by atoms with van der Waals surface area (Å²) in [6.45, 7) is 0.0914. The molecule has 1 atom stereocenters. The van der Waals surface area contributed by atoms with Crippen molar-refractivity contribution in [3.05, 3.63) is 66.0 Å². The first kappa shape index (κ1) is 16.8. The van der Waals surface area contributed by atoms with Gasteiger partial charge in [0.05, 0.1) is 12.6 Å². The molecule has 23 heavy (non-hydrogen) atoms. The molecule has 0 bridgehead atoms. The Morgan fingerprint density at radius 1 is 1.13 bits per heavy atom. The zero-order chi connectivity index (χ0) is 16.5. The van der Waals surface area contributed by atoms with Crippen LogP contribution in [-0.4, -0.2) is 30.9 Å². The molecule has 0 saturated carbocycles. The van der Waals surface area contributed by atoms with Crippen molar-refractivity contribution in [2.24, 2.45) is 0 Å². The number of para-hydroxylation sites is 1. The molecule has 0 aromatic heterocycles. The Labute approximate surface area is 134 Å². The van der Waals surface area contributed by atoms with Crippen LogP contribution in [-0.2, 0) is 0 Å². The Morgan fingerprint density at radius 3 is 2.52 bits per heavy atom. The van der Waals surface area contributed by atoms with Crippen LogP contribution in [0.1, 0.15) is 11.6 Å². The van der Waals surface area contributed by atoms with Gasteiger partial charge in [0, 0.05) is 6.54 Å². The predicted octanol–water partition coefficient (Wildman–Crippen LogP) is 2.24. The van der Waals surface area contributed by atoms with Gasteiger partial charge in [-0.15, -0.1) is 0 Å². The van der Waals surface area contributed by atoms with E-state index in [1.165, 1.54) is 12.1 Å². The Kier molecular flexibility index (Phi) is 6.38. The Balaban J connectivity index is 2.04.